The van der Waals surface area contributed by atoms with Gasteiger partial charge >= 0.3 is 0 Å². The summed E-state index contributed by atoms with van der Waals surface area (Å²) in [6, 6.07) is 6.71. The van der Waals surface area contributed by atoms with Crippen LogP contribution >= 0.6 is 11.3 Å². The van der Waals surface area contributed by atoms with Crippen LogP contribution in [0.15, 0.2) is 18.2 Å². The van der Waals surface area contributed by atoms with E-state index in [-0.39, 0.29) is 5.91 Å². The fourth-order valence-corrected chi connectivity index (χ4v) is 5.01. The zero-order valence-electron chi connectivity index (χ0n) is 15.5. The van der Waals surface area contributed by atoms with Crippen molar-refractivity contribution in [1.82, 2.24) is 0 Å². The van der Waals surface area contributed by atoms with E-state index in [2.05, 4.69) is 30.4 Å². The van der Waals surface area contributed by atoms with Crippen molar-refractivity contribution in [2.24, 2.45) is 5.73 Å². The molecular weight excluding hydrogens is 344 g/mol. The highest BCUT2D eigenvalue weighted by atomic mass is 32.1. The Kier molecular flexibility index (Phi) is 5.77. The van der Waals surface area contributed by atoms with Crippen molar-refractivity contribution < 1.29 is 9.59 Å². The molecule has 1 heterocycles. The summed E-state index contributed by atoms with van der Waals surface area (Å²) in [5, 5.41) is 3.36. The third kappa shape index (κ3) is 3.83. The number of nitrogens with one attached hydrogen (secondary N) is 1. The predicted molar refractivity (Wildman–Crippen MR) is 108 cm³/mol. The fraction of sp³-hybridized carbons (Fsp3) is 0.429. The van der Waals surface area contributed by atoms with Gasteiger partial charge in [0.2, 0.25) is 5.91 Å². The summed E-state index contributed by atoms with van der Waals surface area (Å²) in [4.78, 5) is 24.6. The van der Waals surface area contributed by atoms with Crippen LogP contribution in [0.5, 0.6) is 0 Å². The van der Waals surface area contributed by atoms with Crippen LogP contribution in [-0.4, -0.2) is 11.8 Å². The average molecular weight is 371 g/mol. The summed E-state index contributed by atoms with van der Waals surface area (Å²) in [5.41, 5.74) is 10.9. The van der Waals surface area contributed by atoms with Crippen molar-refractivity contribution in [2.75, 3.05) is 5.32 Å². The van der Waals surface area contributed by atoms with Gasteiger partial charge in [0, 0.05) is 11.8 Å². The summed E-state index contributed by atoms with van der Waals surface area (Å²) in [6.07, 6.45) is 7.74. The maximum atomic E-state index is 12.0. The lowest BCUT2D eigenvalue weighted by Crippen LogP contribution is -2.17. The molecule has 0 saturated carbocycles. The first-order chi connectivity index (χ1) is 12.5. The standard InChI is InChI=1S/C21H26N2O2S/c1-3-4-5-6-7-14-8-9-15-10-11-16-18(20(22)25)21(23-13(2)24)26-19(16)17(15)12-14/h8-9,12H,3-7,10-11H2,1-2H3,(H2,22,25)(H,23,24). The normalized spacial score (nSPS) is 12.4. The molecule has 0 unspecified atom stereocenters. The first kappa shape index (κ1) is 18.6. The van der Waals surface area contributed by atoms with Gasteiger partial charge < -0.3 is 11.1 Å². The number of aryl methyl sites for hydroxylation is 2. The lowest BCUT2D eigenvalue weighted by Gasteiger charge is -2.18. The third-order valence-corrected chi connectivity index (χ3v) is 6.11. The van der Waals surface area contributed by atoms with E-state index in [1.165, 1.54) is 60.6 Å². The largest absolute Gasteiger partial charge is 0.365 e. The molecule has 3 N–H and O–H groups in total. The molecule has 5 heteroatoms. The Balaban J connectivity index is 1.96. The van der Waals surface area contributed by atoms with Crippen molar-refractivity contribution in [3.05, 3.63) is 40.5 Å². The van der Waals surface area contributed by atoms with Crippen LogP contribution in [0.2, 0.25) is 0 Å². The van der Waals surface area contributed by atoms with Crippen molar-refractivity contribution >= 4 is 28.2 Å². The Morgan fingerprint density at radius 1 is 1.19 bits per heavy atom. The molecule has 0 bridgehead atoms. The van der Waals surface area contributed by atoms with Gasteiger partial charge in [-0.25, -0.2) is 0 Å². The smallest absolute Gasteiger partial charge is 0.252 e. The van der Waals surface area contributed by atoms with Gasteiger partial charge in [0.05, 0.1) is 5.56 Å². The van der Waals surface area contributed by atoms with Crippen LogP contribution < -0.4 is 11.1 Å². The van der Waals surface area contributed by atoms with Gasteiger partial charge in [0.15, 0.2) is 0 Å². The van der Waals surface area contributed by atoms with Crippen molar-refractivity contribution in [1.29, 1.82) is 0 Å². The zero-order chi connectivity index (χ0) is 18.7. The number of unbranched alkanes of at least 4 members (excludes halogenated alkanes) is 3. The Hall–Kier alpha value is -2.14. The minimum absolute atomic E-state index is 0.184. The Morgan fingerprint density at radius 2 is 2.00 bits per heavy atom. The van der Waals surface area contributed by atoms with E-state index < -0.39 is 5.91 Å². The number of hydrogen-bond donors (Lipinski definition) is 2. The number of nitrogens with two attached hydrogens (primary N) is 1. The Bertz CT molecular complexity index is 839. The molecule has 2 amide bonds. The molecule has 0 fully saturated rings. The number of carbonyl (C=O) groups is 2. The minimum atomic E-state index is -0.467. The monoisotopic (exact) mass is 370 g/mol. The molecule has 1 aliphatic carbocycles. The van der Waals surface area contributed by atoms with Gasteiger partial charge in [-0.15, -0.1) is 11.3 Å². The minimum Gasteiger partial charge on any atom is -0.365 e. The molecule has 0 atom stereocenters. The first-order valence-electron chi connectivity index (χ1n) is 9.36. The first-order valence-corrected chi connectivity index (χ1v) is 10.2. The SMILES string of the molecule is CCCCCCc1ccc2c(c1)-c1sc(NC(C)=O)c(C(N)=O)c1CC2. The second kappa shape index (κ2) is 8.04. The molecule has 2 aromatic rings. The number of rotatable bonds is 7. The Morgan fingerprint density at radius 3 is 2.69 bits per heavy atom. The number of carbonyl (C=O) groups excluding carboxylic acids is 2. The molecule has 0 radical (unpaired) electrons. The van der Waals surface area contributed by atoms with E-state index in [1.807, 2.05) is 0 Å². The number of primary amides is 1. The Labute approximate surface area is 158 Å². The average Bonchev–Trinajstić information content (AvgIpc) is 2.96. The molecule has 0 saturated heterocycles. The van der Waals surface area contributed by atoms with Gasteiger partial charge in [0.1, 0.15) is 5.00 Å². The molecular formula is C21H26N2O2S. The van der Waals surface area contributed by atoms with Gasteiger partial charge in [0.25, 0.3) is 5.91 Å². The summed E-state index contributed by atoms with van der Waals surface area (Å²) in [5.74, 6) is -0.651. The number of benzene rings is 1. The second-order valence-electron chi connectivity index (χ2n) is 6.96. The molecule has 138 valence electrons. The van der Waals surface area contributed by atoms with Crippen LogP contribution in [0, 0.1) is 0 Å². The van der Waals surface area contributed by atoms with Crippen LogP contribution in [-0.2, 0) is 24.1 Å². The van der Waals surface area contributed by atoms with E-state index in [0.717, 1.165) is 29.7 Å². The summed E-state index contributed by atoms with van der Waals surface area (Å²) >= 11 is 1.47. The van der Waals surface area contributed by atoms with E-state index in [9.17, 15) is 9.59 Å². The lowest BCUT2D eigenvalue weighted by atomic mass is 9.87. The number of hydrogen-bond acceptors (Lipinski definition) is 3. The summed E-state index contributed by atoms with van der Waals surface area (Å²) in [7, 11) is 0. The highest BCUT2D eigenvalue weighted by Gasteiger charge is 2.27. The van der Waals surface area contributed by atoms with Gasteiger partial charge in [-0.3, -0.25) is 9.59 Å². The third-order valence-electron chi connectivity index (χ3n) is 4.93. The fourth-order valence-electron chi connectivity index (χ4n) is 3.65. The number of thiophene rings is 1. The molecule has 3 rings (SSSR count). The van der Waals surface area contributed by atoms with Gasteiger partial charge in [-0.05, 0) is 47.9 Å². The highest BCUT2D eigenvalue weighted by Crippen LogP contribution is 2.45. The molecule has 1 aliphatic rings. The van der Waals surface area contributed by atoms with Gasteiger partial charge in [-0.1, -0.05) is 44.4 Å². The molecule has 4 nitrogen and oxygen atoms in total. The van der Waals surface area contributed by atoms with Crippen LogP contribution in [0.1, 0.15) is 66.6 Å². The van der Waals surface area contributed by atoms with Gasteiger partial charge in [-0.2, -0.15) is 0 Å². The molecule has 1 aromatic heterocycles. The number of anilines is 1. The number of fused-ring (bicyclic) bond motifs is 3. The van der Waals surface area contributed by atoms with Crippen molar-refractivity contribution in [2.45, 2.75) is 58.8 Å². The summed E-state index contributed by atoms with van der Waals surface area (Å²) < 4.78 is 0. The van der Waals surface area contributed by atoms with Crippen LogP contribution in [0.4, 0.5) is 5.00 Å². The highest BCUT2D eigenvalue weighted by molar-refractivity contribution is 7.20. The number of amides is 2. The maximum Gasteiger partial charge on any atom is 0.252 e. The predicted octanol–water partition coefficient (Wildman–Crippen LogP) is 4.69. The zero-order valence-corrected chi connectivity index (χ0v) is 16.3. The van der Waals surface area contributed by atoms with E-state index >= 15 is 0 Å². The molecule has 26 heavy (non-hydrogen) atoms. The lowest BCUT2D eigenvalue weighted by molar-refractivity contribution is -0.114. The van der Waals surface area contributed by atoms with Crippen LogP contribution in [0.25, 0.3) is 10.4 Å². The summed E-state index contributed by atoms with van der Waals surface area (Å²) in [6.45, 7) is 3.67. The molecule has 1 aromatic carbocycles. The van der Waals surface area contributed by atoms with Crippen LogP contribution in [0.3, 0.4) is 0 Å². The second-order valence-corrected chi connectivity index (χ2v) is 7.98. The maximum absolute atomic E-state index is 12.0. The van der Waals surface area contributed by atoms with E-state index in [4.69, 9.17) is 5.73 Å². The topological polar surface area (TPSA) is 72.2 Å². The van der Waals surface area contributed by atoms with E-state index in [1.54, 1.807) is 0 Å². The van der Waals surface area contributed by atoms with E-state index in [0.29, 0.717) is 10.6 Å². The van der Waals surface area contributed by atoms with Crippen molar-refractivity contribution in [3.63, 3.8) is 0 Å². The molecule has 0 spiro atoms. The molecule has 0 aliphatic heterocycles. The van der Waals surface area contributed by atoms with Crippen molar-refractivity contribution in [3.8, 4) is 10.4 Å². The quantitative estimate of drug-likeness (QED) is 0.694.